The Kier molecular flexibility index (Phi) is 4.75. The van der Waals surface area contributed by atoms with Gasteiger partial charge < -0.3 is 9.52 Å². The Labute approximate surface area is 131 Å². The molecule has 0 saturated heterocycles. The second-order valence-electron chi connectivity index (χ2n) is 5.82. The number of benzene rings is 1. The van der Waals surface area contributed by atoms with E-state index in [0.717, 1.165) is 11.1 Å². The van der Waals surface area contributed by atoms with Crippen LogP contribution in [0.4, 0.5) is 0 Å². The van der Waals surface area contributed by atoms with Crippen LogP contribution in [0.5, 0.6) is 0 Å². The summed E-state index contributed by atoms with van der Waals surface area (Å²) in [4.78, 5) is 0.199. The van der Waals surface area contributed by atoms with E-state index in [1.54, 1.807) is 37.3 Å². The van der Waals surface area contributed by atoms with Gasteiger partial charge in [0.1, 0.15) is 5.76 Å². The summed E-state index contributed by atoms with van der Waals surface area (Å²) < 4.78 is 32.2. The maximum atomic E-state index is 12.3. The molecule has 0 aliphatic carbocycles. The third-order valence-electron chi connectivity index (χ3n) is 3.57. The second kappa shape index (κ2) is 6.24. The fraction of sp³-hybridized carbons (Fsp3) is 0.375. The summed E-state index contributed by atoms with van der Waals surface area (Å²) in [6.07, 6.45) is 1.75. The van der Waals surface area contributed by atoms with E-state index in [2.05, 4.69) is 4.72 Å². The lowest BCUT2D eigenvalue weighted by Gasteiger charge is -2.22. The molecule has 1 heterocycles. The predicted octanol–water partition coefficient (Wildman–Crippen LogP) is 2.17. The molecule has 1 unspecified atom stereocenters. The molecule has 6 heteroatoms. The standard InChI is InChI=1S/C16H21NO4S/c1-12-6-7-15(9-13(12)2)22(19,20)17-11-16(3,18)10-14-5-4-8-21-14/h4-9,17-18H,10-11H2,1-3H3. The molecule has 1 aromatic heterocycles. The van der Waals surface area contributed by atoms with Crippen molar-refractivity contribution in [3.63, 3.8) is 0 Å². The largest absolute Gasteiger partial charge is 0.469 e. The normalized spacial score (nSPS) is 14.7. The average Bonchev–Trinajstić information content (AvgIpc) is 2.92. The number of nitrogens with one attached hydrogen (secondary N) is 1. The molecule has 0 radical (unpaired) electrons. The molecule has 2 aromatic rings. The van der Waals surface area contributed by atoms with Crippen LogP contribution in [0.15, 0.2) is 45.9 Å². The maximum Gasteiger partial charge on any atom is 0.240 e. The van der Waals surface area contributed by atoms with Gasteiger partial charge in [0.05, 0.1) is 16.8 Å². The molecule has 0 bridgehead atoms. The summed E-state index contributed by atoms with van der Waals surface area (Å²) in [6, 6.07) is 8.42. The fourth-order valence-corrected chi connectivity index (χ4v) is 3.31. The van der Waals surface area contributed by atoms with Gasteiger partial charge in [-0.15, -0.1) is 0 Å². The summed E-state index contributed by atoms with van der Waals surface area (Å²) in [6.45, 7) is 5.26. The number of aliphatic hydroxyl groups is 1. The van der Waals surface area contributed by atoms with Crippen LogP contribution in [0.1, 0.15) is 23.8 Å². The Hall–Kier alpha value is -1.63. The highest BCUT2D eigenvalue weighted by atomic mass is 32.2. The van der Waals surface area contributed by atoms with Crippen molar-refractivity contribution in [2.45, 2.75) is 37.7 Å². The Morgan fingerprint density at radius 2 is 1.95 bits per heavy atom. The van der Waals surface area contributed by atoms with Crippen molar-refractivity contribution >= 4 is 10.0 Å². The minimum atomic E-state index is -3.65. The summed E-state index contributed by atoms with van der Waals surface area (Å²) in [5.74, 6) is 0.607. The quantitative estimate of drug-likeness (QED) is 0.854. The second-order valence-corrected chi connectivity index (χ2v) is 7.59. The monoisotopic (exact) mass is 323 g/mol. The highest BCUT2D eigenvalue weighted by Crippen LogP contribution is 2.17. The molecule has 2 rings (SSSR count). The zero-order valence-electron chi connectivity index (χ0n) is 13.0. The van der Waals surface area contributed by atoms with Crippen molar-refractivity contribution in [2.75, 3.05) is 6.54 Å². The van der Waals surface area contributed by atoms with E-state index in [1.807, 2.05) is 13.8 Å². The van der Waals surface area contributed by atoms with E-state index in [9.17, 15) is 13.5 Å². The SMILES string of the molecule is Cc1ccc(S(=O)(=O)NCC(C)(O)Cc2ccco2)cc1C. The summed E-state index contributed by atoms with van der Waals surface area (Å²) in [5, 5.41) is 10.3. The highest BCUT2D eigenvalue weighted by Gasteiger charge is 2.25. The van der Waals surface area contributed by atoms with Gasteiger partial charge in [-0.25, -0.2) is 13.1 Å². The molecular formula is C16H21NO4S. The number of furan rings is 1. The van der Waals surface area contributed by atoms with Crippen LogP contribution in [0.2, 0.25) is 0 Å². The molecule has 1 atom stereocenters. The molecule has 0 amide bonds. The van der Waals surface area contributed by atoms with Gasteiger partial charge in [-0.2, -0.15) is 0 Å². The van der Waals surface area contributed by atoms with E-state index >= 15 is 0 Å². The summed E-state index contributed by atoms with van der Waals surface area (Å²) in [7, 11) is -3.65. The van der Waals surface area contributed by atoms with Crippen LogP contribution in [0.25, 0.3) is 0 Å². The van der Waals surface area contributed by atoms with Gasteiger partial charge in [0.15, 0.2) is 0 Å². The van der Waals surface area contributed by atoms with E-state index in [4.69, 9.17) is 4.42 Å². The summed E-state index contributed by atoms with van der Waals surface area (Å²) in [5.41, 5.74) is 0.707. The number of aryl methyl sites for hydroxylation is 2. The average molecular weight is 323 g/mol. The van der Waals surface area contributed by atoms with Crippen LogP contribution < -0.4 is 4.72 Å². The Morgan fingerprint density at radius 3 is 2.55 bits per heavy atom. The van der Waals surface area contributed by atoms with Gasteiger partial charge >= 0.3 is 0 Å². The molecular weight excluding hydrogens is 302 g/mol. The first-order valence-corrected chi connectivity index (χ1v) is 8.50. The minimum absolute atomic E-state index is 0.0943. The maximum absolute atomic E-state index is 12.3. The smallest absolute Gasteiger partial charge is 0.240 e. The zero-order chi connectivity index (χ0) is 16.4. The van der Waals surface area contributed by atoms with Crippen molar-refractivity contribution in [3.8, 4) is 0 Å². The van der Waals surface area contributed by atoms with E-state index in [0.29, 0.717) is 5.76 Å². The molecule has 0 spiro atoms. The lowest BCUT2D eigenvalue weighted by Crippen LogP contribution is -2.42. The fourth-order valence-electron chi connectivity index (χ4n) is 2.07. The minimum Gasteiger partial charge on any atom is -0.469 e. The van der Waals surface area contributed by atoms with Crippen molar-refractivity contribution in [1.29, 1.82) is 0 Å². The van der Waals surface area contributed by atoms with E-state index < -0.39 is 15.6 Å². The summed E-state index contributed by atoms with van der Waals surface area (Å²) >= 11 is 0. The molecule has 22 heavy (non-hydrogen) atoms. The molecule has 2 N–H and O–H groups in total. The molecule has 0 fully saturated rings. The molecule has 120 valence electrons. The number of rotatable bonds is 6. The van der Waals surface area contributed by atoms with E-state index in [1.165, 1.54) is 6.26 Å². The zero-order valence-corrected chi connectivity index (χ0v) is 13.8. The van der Waals surface area contributed by atoms with Gasteiger partial charge in [0.2, 0.25) is 10.0 Å². The number of sulfonamides is 1. The van der Waals surface area contributed by atoms with E-state index in [-0.39, 0.29) is 17.9 Å². The Balaban J connectivity index is 2.07. The number of hydrogen-bond donors (Lipinski definition) is 2. The Bertz CT molecular complexity index is 734. The molecule has 5 nitrogen and oxygen atoms in total. The first-order valence-electron chi connectivity index (χ1n) is 7.01. The third kappa shape index (κ3) is 4.19. The van der Waals surface area contributed by atoms with Gasteiger partial charge in [-0.05, 0) is 56.2 Å². The van der Waals surface area contributed by atoms with Gasteiger partial charge in [0, 0.05) is 13.0 Å². The van der Waals surface area contributed by atoms with Crippen molar-refractivity contribution in [3.05, 3.63) is 53.5 Å². The molecule has 0 aliphatic heterocycles. The van der Waals surface area contributed by atoms with Crippen molar-refractivity contribution in [1.82, 2.24) is 4.72 Å². The van der Waals surface area contributed by atoms with Gasteiger partial charge in [0.25, 0.3) is 0 Å². The topological polar surface area (TPSA) is 79.5 Å². The first kappa shape index (κ1) is 16.7. The van der Waals surface area contributed by atoms with Crippen molar-refractivity contribution in [2.24, 2.45) is 0 Å². The van der Waals surface area contributed by atoms with Gasteiger partial charge in [-0.1, -0.05) is 6.07 Å². The number of hydrogen-bond acceptors (Lipinski definition) is 4. The first-order chi connectivity index (χ1) is 10.2. The Morgan fingerprint density at radius 1 is 1.23 bits per heavy atom. The lowest BCUT2D eigenvalue weighted by atomic mass is 10.0. The van der Waals surface area contributed by atoms with Crippen LogP contribution in [-0.2, 0) is 16.4 Å². The molecule has 0 saturated carbocycles. The molecule has 0 aliphatic rings. The van der Waals surface area contributed by atoms with Crippen LogP contribution in [-0.4, -0.2) is 25.7 Å². The third-order valence-corrected chi connectivity index (χ3v) is 4.97. The van der Waals surface area contributed by atoms with Crippen LogP contribution >= 0.6 is 0 Å². The van der Waals surface area contributed by atoms with Gasteiger partial charge in [-0.3, -0.25) is 0 Å². The van der Waals surface area contributed by atoms with Crippen LogP contribution in [0.3, 0.4) is 0 Å². The molecule has 1 aromatic carbocycles. The van der Waals surface area contributed by atoms with Crippen LogP contribution in [0, 0.1) is 13.8 Å². The highest BCUT2D eigenvalue weighted by molar-refractivity contribution is 7.89. The lowest BCUT2D eigenvalue weighted by molar-refractivity contribution is 0.0603. The predicted molar refractivity (Wildman–Crippen MR) is 84.1 cm³/mol. The van der Waals surface area contributed by atoms with Crippen molar-refractivity contribution < 1.29 is 17.9 Å².